The van der Waals surface area contributed by atoms with Crippen LogP contribution in [0.15, 0.2) is 11.6 Å². The molecule has 4 aliphatic carbocycles. The van der Waals surface area contributed by atoms with Gasteiger partial charge in [-0.3, -0.25) is 4.79 Å². The van der Waals surface area contributed by atoms with Crippen LogP contribution >= 0.6 is 0 Å². The van der Waals surface area contributed by atoms with E-state index in [2.05, 4.69) is 0 Å². The fourth-order valence-corrected chi connectivity index (χ4v) is 8.31. The molecule has 3 saturated carbocycles. The first-order chi connectivity index (χ1) is 15.8. The Labute approximate surface area is 213 Å². The van der Waals surface area contributed by atoms with Crippen molar-refractivity contribution in [1.82, 2.24) is 0 Å². The Hall–Kier alpha value is -0.910. The standard InChI is InChI=1S/C27H44O8.H2O/c1-22(2,32)9-8-20(30)25(5,33)19-7-11-26(34)16-12-21(31)27(35)14-18(29)17(28)13-24(27,4)15(16)6-10-23(19,26)3;/h12,15,17-20,28-30,32-35H,6-11,13-14H2,1-5H3;1H2/t15-,17-,18+,19-,20+,23+,24+,25+,26+,27+;/m0./s1. The molecule has 10 atom stereocenters. The quantitative estimate of drug-likeness (QED) is 0.269. The van der Waals surface area contributed by atoms with Crippen LogP contribution in [0.4, 0.5) is 0 Å². The molecule has 0 spiro atoms. The van der Waals surface area contributed by atoms with Crippen LogP contribution in [0.1, 0.15) is 86.0 Å². The van der Waals surface area contributed by atoms with E-state index in [4.69, 9.17) is 0 Å². The van der Waals surface area contributed by atoms with Crippen molar-refractivity contribution in [2.24, 2.45) is 22.7 Å². The molecule has 3 fully saturated rings. The summed E-state index contributed by atoms with van der Waals surface area (Å²) in [4.78, 5) is 13.3. The molecule has 36 heavy (non-hydrogen) atoms. The Bertz CT molecular complexity index is 909. The van der Waals surface area contributed by atoms with E-state index in [0.29, 0.717) is 37.7 Å². The molecule has 9 heteroatoms. The molecule has 0 bridgehead atoms. The van der Waals surface area contributed by atoms with E-state index >= 15 is 0 Å². The lowest BCUT2D eigenvalue weighted by atomic mass is 9.44. The Kier molecular flexibility index (Phi) is 7.25. The zero-order valence-corrected chi connectivity index (χ0v) is 22.2. The summed E-state index contributed by atoms with van der Waals surface area (Å²) in [5.41, 5.74) is -7.07. The third-order valence-corrected chi connectivity index (χ3v) is 10.7. The smallest absolute Gasteiger partial charge is 0.187 e. The molecule has 0 aromatic carbocycles. The van der Waals surface area contributed by atoms with Gasteiger partial charge in [-0.2, -0.15) is 0 Å². The molecule has 4 aliphatic rings. The maximum Gasteiger partial charge on any atom is 0.187 e. The molecule has 0 aromatic rings. The second-order valence-electron chi connectivity index (χ2n) is 13.3. The molecular formula is C27H46O9. The first kappa shape index (κ1) is 29.6. The summed E-state index contributed by atoms with van der Waals surface area (Å²) in [6, 6.07) is 0. The number of hydrogen-bond acceptors (Lipinski definition) is 8. The first-order valence-electron chi connectivity index (χ1n) is 13.0. The summed E-state index contributed by atoms with van der Waals surface area (Å²) in [6.07, 6.45) is 0.0884. The number of carbonyl (C=O) groups is 1. The zero-order valence-electron chi connectivity index (χ0n) is 22.2. The van der Waals surface area contributed by atoms with Crippen LogP contribution in [-0.2, 0) is 4.79 Å². The fraction of sp³-hybridized carbons (Fsp3) is 0.889. The summed E-state index contributed by atoms with van der Waals surface area (Å²) in [5, 5.41) is 77.0. The molecule has 208 valence electrons. The van der Waals surface area contributed by atoms with Gasteiger partial charge in [-0.05, 0) is 89.2 Å². The van der Waals surface area contributed by atoms with Crippen molar-refractivity contribution >= 4 is 5.78 Å². The highest BCUT2D eigenvalue weighted by Gasteiger charge is 2.71. The van der Waals surface area contributed by atoms with Crippen LogP contribution in [0.2, 0.25) is 0 Å². The van der Waals surface area contributed by atoms with Gasteiger partial charge in [0.1, 0.15) is 5.60 Å². The number of rotatable bonds is 5. The number of carbonyl (C=O) groups excluding carboxylic acids is 1. The molecule has 0 aliphatic heterocycles. The van der Waals surface area contributed by atoms with Gasteiger partial charge in [0.25, 0.3) is 0 Å². The summed E-state index contributed by atoms with van der Waals surface area (Å²) < 4.78 is 0. The van der Waals surface area contributed by atoms with Crippen molar-refractivity contribution in [2.45, 2.75) is 127 Å². The summed E-state index contributed by atoms with van der Waals surface area (Å²) in [5.74, 6) is -1.38. The maximum atomic E-state index is 13.3. The van der Waals surface area contributed by atoms with Crippen LogP contribution < -0.4 is 0 Å². The molecule has 9 N–H and O–H groups in total. The lowest BCUT2D eigenvalue weighted by Crippen LogP contribution is -2.69. The van der Waals surface area contributed by atoms with Crippen LogP contribution in [0.3, 0.4) is 0 Å². The van der Waals surface area contributed by atoms with Crippen molar-refractivity contribution in [1.29, 1.82) is 0 Å². The van der Waals surface area contributed by atoms with Crippen LogP contribution in [0.25, 0.3) is 0 Å². The lowest BCUT2D eigenvalue weighted by Gasteiger charge is -2.62. The number of hydrogen-bond donors (Lipinski definition) is 7. The first-order valence-corrected chi connectivity index (χ1v) is 13.0. The summed E-state index contributed by atoms with van der Waals surface area (Å²) >= 11 is 0. The van der Waals surface area contributed by atoms with Crippen molar-refractivity contribution in [3.8, 4) is 0 Å². The van der Waals surface area contributed by atoms with E-state index in [1.165, 1.54) is 6.08 Å². The van der Waals surface area contributed by atoms with E-state index in [9.17, 15) is 40.5 Å². The normalized spacial score (nSPS) is 47.0. The zero-order chi connectivity index (χ0) is 26.4. The van der Waals surface area contributed by atoms with E-state index in [1.807, 2.05) is 6.92 Å². The monoisotopic (exact) mass is 514 g/mol. The number of aliphatic hydroxyl groups excluding tert-OH is 3. The second-order valence-corrected chi connectivity index (χ2v) is 13.3. The molecule has 0 saturated heterocycles. The predicted molar refractivity (Wildman–Crippen MR) is 132 cm³/mol. The van der Waals surface area contributed by atoms with Crippen molar-refractivity contribution in [3.05, 3.63) is 11.6 Å². The molecule has 9 nitrogen and oxygen atoms in total. The van der Waals surface area contributed by atoms with Crippen LogP contribution in [0.5, 0.6) is 0 Å². The van der Waals surface area contributed by atoms with Crippen LogP contribution in [-0.4, -0.2) is 87.7 Å². The summed E-state index contributed by atoms with van der Waals surface area (Å²) in [6.45, 7) is 8.58. The second kappa shape index (κ2) is 8.81. The van der Waals surface area contributed by atoms with Gasteiger partial charge in [0.05, 0.1) is 35.1 Å². The largest absolute Gasteiger partial charge is 0.412 e. The minimum atomic E-state index is -1.82. The molecule has 0 radical (unpaired) electrons. The Balaban J connectivity index is 0.00000361. The molecular weight excluding hydrogens is 468 g/mol. The van der Waals surface area contributed by atoms with Crippen molar-refractivity contribution in [2.75, 3.05) is 0 Å². The van der Waals surface area contributed by atoms with Gasteiger partial charge in [0.2, 0.25) is 0 Å². The topological polar surface area (TPSA) is 190 Å². The van der Waals surface area contributed by atoms with E-state index in [0.717, 1.165) is 0 Å². The predicted octanol–water partition coefficient (Wildman–Crippen LogP) is 0.144. The Morgan fingerprint density at radius 1 is 0.972 bits per heavy atom. The van der Waals surface area contributed by atoms with Crippen molar-refractivity contribution < 1.29 is 46.0 Å². The highest BCUT2D eigenvalue weighted by molar-refractivity contribution is 6.00. The molecule has 4 rings (SSSR count). The van der Waals surface area contributed by atoms with E-state index < -0.39 is 63.2 Å². The van der Waals surface area contributed by atoms with Gasteiger partial charge < -0.3 is 41.2 Å². The molecule has 0 aromatic heterocycles. The number of aliphatic hydroxyl groups is 7. The van der Waals surface area contributed by atoms with Crippen LogP contribution in [0, 0.1) is 22.7 Å². The third kappa shape index (κ3) is 3.93. The minimum Gasteiger partial charge on any atom is -0.412 e. The average molecular weight is 515 g/mol. The summed E-state index contributed by atoms with van der Waals surface area (Å²) in [7, 11) is 0. The Morgan fingerprint density at radius 2 is 1.56 bits per heavy atom. The van der Waals surface area contributed by atoms with Gasteiger partial charge in [-0.1, -0.05) is 13.8 Å². The minimum absolute atomic E-state index is 0. The van der Waals surface area contributed by atoms with Gasteiger partial charge in [0.15, 0.2) is 5.78 Å². The molecule has 0 amide bonds. The SMILES string of the molecule is CC(C)(O)CC[C@@H](O)[C@](C)(O)[C@H]1CC[C@@]2(O)C3=CC(=O)[C@]4(O)C[C@@H](O)[C@@H](O)C[C@]4(C)[C@H]3CC[C@]12C.O. The lowest BCUT2D eigenvalue weighted by molar-refractivity contribution is -0.211. The molecule has 0 unspecified atom stereocenters. The van der Waals surface area contributed by atoms with E-state index in [1.54, 1.807) is 27.7 Å². The maximum absolute atomic E-state index is 13.3. The molecule has 0 heterocycles. The van der Waals surface area contributed by atoms with Gasteiger partial charge >= 0.3 is 0 Å². The highest BCUT2D eigenvalue weighted by Crippen LogP contribution is 2.69. The van der Waals surface area contributed by atoms with Gasteiger partial charge in [-0.25, -0.2) is 0 Å². The third-order valence-electron chi connectivity index (χ3n) is 10.7. The van der Waals surface area contributed by atoms with Crippen molar-refractivity contribution in [3.63, 3.8) is 0 Å². The Morgan fingerprint density at radius 3 is 2.14 bits per heavy atom. The fourth-order valence-electron chi connectivity index (χ4n) is 8.31. The average Bonchev–Trinajstić information content (AvgIpc) is 3.01. The van der Waals surface area contributed by atoms with Gasteiger partial charge in [-0.15, -0.1) is 0 Å². The van der Waals surface area contributed by atoms with Gasteiger partial charge in [0, 0.05) is 17.3 Å². The highest BCUT2D eigenvalue weighted by atomic mass is 16.3. The van der Waals surface area contributed by atoms with E-state index in [-0.39, 0.29) is 30.7 Å². The number of ketones is 1. The number of fused-ring (bicyclic) bond motifs is 5.